The van der Waals surface area contributed by atoms with Crippen LogP contribution in [0.3, 0.4) is 0 Å². The van der Waals surface area contributed by atoms with Gasteiger partial charge in [0, 0.05) is 13.2 Å². The lowest BCUT2D eigenvalue weighted by Crippen LogP contribution is -2.00. The Bertz CT molecular complexity index is 549. The minimum atomic E-state index is -0.529. The fourth-order valence-electron chi connectivity index (χ4n) is 1.76. The molecule has 2 aromatic rings. The van der Waals surface area contributed by atoms with Crippen LogP contribution in [-0.4, -0.2) is 22.0 Å². The largest absolute Gasteiger partial charge is 0.493 e. The van der Waals surface area contributed by atoms with Gasteiger partial charge in [-0.2, -0.15) is 5.10 Å². The van der Waals surface area contributed by atoms with Gasteiger partial charge in [-0.05, 0) is 30.7 Å². The molecular formula is C14H18N2O3. The number of benzene rings is 1. The number of nitrogens with zero attached hydrogens (tertiary/aromatic N) is 2. The van der Waals surface area contributed by atoms with Crippen LogP contribution >= 0.6 is 0 Å². The van der Waals surface area contributed by atoms with Gasteiger partial charge < -0.3 is 14.6 Å². The van der Waals surface area contributed by atoms with Gasteiger partial charge in [0.2, 0.25) is 0 Å². The van der Waals surface area contributed by atoms with E-state index < -0.39 is 6.10 Å². The molecule has 1 N–H and O–H groups in total. The summed E-state index contributed by atoms with van der Waals surface area (Å²) in [6.45, 7) is 2.09. The number of aliphatic hydroxyl groups excluding tert-OH is 1. The predicted molar refractivity (Wildman–Crippen MR) is 71.2 cm³/mol. The zero-order chi connectivity index (χ0) is 13.8. The van der Waals surface area contributed by atoms with E-state index in [2.05, 4.69) is 5.10 Å². The Kier molecular flexibility index (Phi) is 4.06. The second-order valence-corrected chi connectivity index (χ2v) is 4.36. The highest BCUT2D eigenvalue weighted by atomic mass is 16.5. The van der Waals surface area contributed by atoms with E-state index in [1.165, 1.54) is 0 Å². The minimum Gasteiger partial charge on any atom is -0.493 e. The van der Waals surface area contributed by atoms with Crippen LogP contribution in [0.4, 0.5) is 0 Å². The van der Waals surface area contributed by atoms with Gasteiger partial charge in [0.1, 0.15) is 6.61 Å². The van der Waals surface area contributed by atoms with E-state index in [1.807, 2.05) is 25.4 Å². The summed E-state index contributed by atoms with van der Waals surface area (Å²) in [6, 6.07) is 7.29. The molecule has 19 heavy (non-hydrogen) atoms. The number of aliphatic hydroxyl groups is 1. The minimum absolute atomic E-state index is 0.380. The van der Waals surface area contributed by atoms with Gasteiger partial charge in [-0.25, -0.2) is 0 Å². The molecule has 5 heteroatoms. The van der Waals surface area contributed by atoms with Crippen molar-refractivity contribution in [1.82, 2.24) is 9.78 Å². The summed E-state index contributed by atoms with van der Waals surface area (Å²) in [6.07, 6.45) is 1.34. The van der Waals surface area contributed by atoms with Crippen molar-refractivity contribution in [3.63, 3.8) is 0 Å². The van der Waals surface area contributed by atoms with Crippen LogP contribution < -0.4 is 9.47 Å². The van der Waals surface area contributed by atoms with Crippen LogP contribution in [0, 0.1) is 0 Å². The summed E-state index contributed by atoms with van der Waals surface area (Å²) >= 11 is 0. The molecule has 0 spiro atoms. The Labute approximate surface area is 112 Å². The maximum absolute atomic E-state index is 9.54. The van der Waals surface area contributed by atoms with Crippen molar-refractivity contribution in [2.45, 2.75) is 19.6 Å². The Morgan fingerprint density at radius 2 is 2.11 bits per heavy atom. The van der Waals surface area contributed by atoms with E-state index in [0.717, 1.165) is 11.3 Å². The van der Waals surface area contributed by atoms with E-state index in [1.54, 1.807) is 30.8 Å². The molecule has 1 atom stereocenters. The van der Waals surface area contributed by atoms with Gasteiger partial charge in [0.15, 0.2) is 11.5 Å². The van der Waals surface area contributed by atoms with Crippen molar-refractivity contribution in [3.8, 4) is 11.5 Å². The van der Waals surface area contributed by atoms with Gasteiger partial charge in [-0.3, -0.25) is 4.68 Å². The van der Waals surface area contributed by atoms with E-state index in [-0.39, 0.29) is 0 Å². The average Bonchev–Trinajstić information content (AvgIpc) is 2.81. The standard InChI is InChI=1S/C14H18N2O3/c1-10(17)11-4-5-13(14(8-11)18-3)19-9-12-6-7-16(2)15-12/h4-8,10,17H,9H2,1-3H3/t10-/m0/s1. The number of rotatable bonds is 5. The molecule has 0 aliphatic carbocycles. The van der Waals surface area contributed by atoms with Crippen molar-refractivity contribution in [2.75, 3.05) is 7.11 Å². The summed E-state index contributed by atoms with van der Waals surface area (Å²) in [7, 11) is 3.44. The Balaban J connectivity index is 2.11. The maximum Gasteiger partial charge on any atom is 0.161 e. The van der Waals surface area contributed by atoms with Crippen molar-refractivity contribution in [2.24, 2.45) is 7.05 Å². The molecule has 1 heterocycles. The van der Waals surface area contributed by atoms with Gasteiger partial charge in [0.25, 0.3) is 0 Å². The van der Waals surface area contributed by atoms with E-state index in [0.29, 0.717) is 18.1 Å². The number of ether oxygens (including phenoxy) is 2. The van der Waals surface area contributed by atoms with E-state index >= 15 is 0 Å². The normalized spacial score (nSPS) is 12.2. The van der Waals surface area contributed by atoms with E-state index in [9.17, 15) is 5.11 Å². The third kappa shape index (κ3) is 3.26. The molecule has 5 nitrogen and oxygen atoms in total. The molecule has 0 fully saturated rings. The summed E-state index contributed by atoms with van der Waals surface area (Å²) in [5.74, 6) is 1.24. The number of methoxy groups -OCH3 is 1. The highest BCUT2D eigenvalue weighted by Gasteiger charge is 2.09. The second kappa shape index (κ2) is 5.75. The summed E-state index contributed by atoms with van der Waals surface area (Å²) < 4.78 is 12.7. The highest BCUT2D eigenvalue weighted by Crippen LogP contribution is 2.30. The first kappa shape index (κ1) is 13.4. The van der Waals surface area contributed by atoms with E-state index in [4.69, 9.17) is 9.47 Å². The molecule has 2 rings (SSSR count). The number of hydrogen-bond donors (Lipinski definition) is 1. The molecule has 0 aliphatic heterocycles. The molecule has 0 saturated carbocycles. The zero-order valence-corrected chi connectivity index (χ0v) is 11.3. The zero-order valence-electron chi connectivity index (χ0n) is 11.3. The fraction of sp³-hybridized carbons (Fsp3) is 0.357. The average molecular weight is 262 g/mol. The molecular weight excluding hydrogens is 244 g/mol. The Morgan fingerprint density at radius 1 is 1.32 bits per heavy atom. The lowest BCUT2D eigenvalue weighted by Gasteiger charge is -2.12. The first-order valence-electron chi connectivity index (χ1n) is 6.07. The van der Waals surface area contributed by atoms with Gasteiger partial charge in [-0.15, -0.1) is 0 Å². The molecule has 1 aromatic heterocycles. The quantitative estimate of drug-likeness (QED) is 0.896. The second-order valence-electron chi connectivity index (χ2n) is 4.36. The highest BCUT2D eigenvalue weighted by molar-refractivity contribution is 5.43. The monoisotopic (exact) mass is 262 g/mol. The summed E-state index contributed by atoms with van der Waals surface area (Å²) in [5.41, 5.74) is 1.64. The van der Waals surface area contributed by atoms with Crippen molar-refractivity contribution < 1.29 is 14.6 Å². The van der Waals surface area contributed by atoms with Crippen LogP contribution in [0.15, 0.2) is 30.5 Å². The SMILES string of the molecule is COc1cc([C@H](C)O)ccc1OCc1ccn(C)n1. The first-order valence-corrected chi connectivity index (χ1v) is 6.07. The summed E-state index contributed by atoms with van der Waals surface area (Å²) in [5, 5.41) is 13.8. The lowest BCUT2D eigenvalue weighted by atomic mass is 10.1. The number of aromatic nitrogens is 2. The summed E-state index contributed by atoms with van der Waals surface area (Å²) in [4.78, 5) is 0. The Hall–Kier alpha value is -2.01. The van der Waals surface area contributed by atoms with Crippen LogP contribution in [0.25, 0.3) is 0 Å². The number of hydrogen-bond acceptors (Lipinski definition) is 4. The lowest BCUT2D eigenvalue weighted by molar-refractivity contribution is 0.198. The van der Waals surface area contributed by atoms with Crippen LogP contribution in [0.1, 0.15) is 24.3 Å². The number of aryl methyl sites for hydroxylation is 1. The van der Waals surface area contributed by atoms with Crippen molar-refractivity contribution in [3.05, 3.63) is 41.7 Å². The molecule has 0 unspecified atom stereocenters. The molecule has 0 amide bonds. The van der Waals surface area contributed by atoms with Crippen LogP contribution in [-0.2, 0) is 13.7 Å². The van der Waals surface area contributed by atoms with Gasteiger partial charge in [0.05, 0.1) is 18.9 Å². The Morgan fingerprint density at radius 3 is 2.68 bits per heavy atom. The fourth-order valence-corrected chi connectivity index (χ4v) is 1.76. The molecule has 0 saturated heterocycles. The van der Waals surface area contributed by atoms with Gasteiger partial charge >= 0.3 is 0 Å². The molecule has 0 bridgehead atoms. The third-order valence-corrected chi connectivity index (χ3v) is 2.81. The molecule has 0 radical (unpaired) electrons. The smallest absolute Gasteiger partial charge is 0.161 e. The first-order chi connectivity index (χ1) is 9.10. The van der Waals surface area contributed by atoms with Crippen molar-refractivity contribution in [1.29, 1.82) is 0 Å². The molecule has 1 aromatic carbocycles. The molecule has 102 valence electrons. The van der Waals surface area contributed by atoms with Crippen LogP contribution in [0.5, 0.6) is 11.5 Å². The van der Waals surface area contributed by atoms with Crippen molar-refractivity contribution >= 4 is 0 Å². The topological polar surface area (TPSA) is 56.5 Å². The van der Waals surface area contributed by atoms with Gasteiger partial charge in [-0.1, -0.05) is 6.07 Å². The molecule has 0 aliphatic rings. The predicted octanol–water partition coefficient (Wildman–Crippen LogP) is 2.06. The maximum atomic E-state index is 9.54. The third-order valence-electron chi connectivity index (χ3n) is 2.81. The van der Waals surface area contributed by atoms with Crippen LogP contribution in [0.2, 0.25) is 0 Å².